The zero-order chi connectivity index (χ0) is 9.97. The number of rotatable bonds is 2. The van der Waals surface area contributed by atoms with Gasteiger partial charge in [0.25, 0.3) is 0 Å². The molecule has 1 heterocycles. The second-order valence-corrected chi connectivity index (χ2v) is 3.73. The highest BCUT2D eigenvalue weighted by atomic mass is 19.1. The molecule has 0 aromatic heterocycles. The van der Waals surface area contributed by atoms with Crippen molar-refractivity contribution in [3.8, 4) is 0 Å². The van der Waals surface area contributed by atoms with E-state index in [9.17, 15) is 8.78 Å². The average Bonchev–Trinajstić information content (AvgIpc) is 2.62. The molecule has 0 saturated carbocycles. The lowest BCUT2D eigenvalue weighted by atomic mass is 10.0. The Balaban J connectivity index is 2.08. The molecule has 1 nitrogen and oxygen atoms in total. The number of halogens is 2. The second kappa shape index (κ2) is 4.05. The summed E-state index contributed by atoms with van der Waals surface area (Å²) in [5.74, 6) is -0.940. The van der Waals surface area contributed by atoms with E-state index in [1.165, 1.54) is 12.1 Å². The Hall–Kier alpha value is -0.960. The highest BCUT2D eigenvalue weighted by Crippen LogP contribution is 2.15. The first-order valence-corrected chi connectivity index (χ1v) is 4.93. The summed E-state index contributed by atoms with van der Waals surface area (Å²) >= 11 is 0. The third kappa shape index (κ3) is 2.10. The van der Waals surface area contributed by atoms with Crippen LogP contribution in [0.2, 0.25) is 0 Å². The van der Waals surface area contributed by atoms with Gasteiger partial charge in [-0.25, -0.2) is 8.78 Å². The van der Waals surface area contributed by atoms with Gasteiger partial charge in [0.15, 0.2) is 0 Å². The summed E-state index contributed by atoms with van der Waals surface area (Å²) in [5.41, 5.74) is 0.603. The van der Waals surface area contributed by atoms with Gasteiger partial charge in [-0.1, -0.05) is 6.07 Å². The summed E-state index contributed by atoms with van der Waals surface area (Å²) in [7, 11) is 0. The van der Waals surface area contributed by atoms with E-state index in [1.54, 1.807) is 0 Å². The molecule has 0 aliphatic carbocycles. The number of hydrogen-bond acceptors (Lipinski definition) is 1. The van der Waals surface area contributed by atoms with Crippen molar-refractivity contribution in [1.82, 2.24) is 5.32 Å². The van der Waals surface area contributed by atoms with Gasteiger partial charge in [0.05, 0.1) is 0 Å². The Morgan fingerprint density at radius 3 is 2.86 bits per heavy atom. The minimum atomic E-state index is -0.509. The maximum atomic E-state index is 13.2. The SMILES string of the molecule is Fc1ccc(CC2CCCN2)c(F)c1. The van der Waals surface area contributed by atoms with Gasteiger partial charge in [-0.3, -0.25) is 0 Å². The van der Waals surface area contributed by atoms with Crippen molar-refractivity contribution in [1.29, 1.82) is 0 Å². The van der Waals surface area contributed by atoms with Crippen molar-refractivity contribution in [3.63, 3.8) is 0 Å². The monoisotopic (exact) mass is 197 g/mol. The fraction of sp³-hybridized carbons (Fsp3) is 0.455. The van der Waals surface area contributed by atoms with Gasteiger partial charge in [0.2, 0.25) is 0 Å². The lowest BCUT2D eigenvalue weighted by molar-refractivity contribution is 0.545. The van der Waals surface area contributed by atoms with Crippen LogP contribution in [0.15, 0.2) is 18.2 Å². The molecule has 3 heteroatoms. The molecule has 1 N–H and O–H groups in total. The number of hydrogen-bond donors (Lipinski definition) is 1. The fourth-order valence-electron chi connectivity index (χ4n) is 1.88. The molecule has 1 fully saturated rings. The van der Waals surface area contributed by atoms with Crippen LogP contribution in [-0.2, 0) is 6.42 Å². The Kier molecular flexibility index (Phi) is 2.77. The maximum Gasteiger partial charge on any atom is 0.129 e. The molecule has 1 aromatic carbocycles. The van der Waals surface area contributed by atoms with E-state index in [-0.39, 0.29) is 0 Å². The van der Waals surface area contributed by atoms with E-state index in [2.05, 4.69) is 5.32 Å². The molecule has 0 bridgehead atoms. The minimum Gasteiger partial charge on any atom is -0.314 e. The Bertz CT molecular complexity index is 319. The van der Waals surface area contributed by atoms with Gasteiger partial charge in [0, 0.05) is 12.1 Å². The van der Waals surface area contributed by atoms with Crippen LogP contribution in [-0.4, -0.2) is 12.6 Å². The van der Waals surface area contributed by atoms with Gasteiger partial charge in [-0.05, 0) is 37.4 Å². The first-order chi connectivity index (χ1) is 6.75. The molecular formula is C11H13F2N. The van der Waals surface area contributed by atoms with Gasteiger partial charge in [0.1, 0.15) is 11.6 Å². The third-order valence-corrected chi connectivity index (χ3v) is 2.64. The highest BCUT2D eigenvalue weighted by Gasteiger charge is 2.16. The molecule has 1 saturated heterocycles. The lowest BCUT2D eigenvalue weighted by Gasteiger charge is -2.10. The van der Waals surface area contributed by atoms with Gasteiger partial charge < -0.3 is 5.32 Å². The predicted molar refractivity (Wildman–Crippen MR) is 51.1 cm³/mol. The minimum absolute atomic E-state index is 0.356. The summed E-state index contributed by atoms with van der Waals surface area (Å²) in [6.45, 7) is 1.01. The van der Waals surface area contributed by atoms with Gasteiger partial charge >= 0.3 is 0 Å². The summed E-state index contributed by atoms with van der Waals surface area (Å²) < 4.78 is 25.8. The fourth-order valence-corrected chi connectivity index (χ4v) is 1.88. The van der Waals surface area contributed by atoms with E-state index in [4.69, 9.17) is 0 Å². The van der Waals surface area contributed by atoms with E-state index >= 15 is 0 Å². The molecule has 1 aliphatic rings. The average molecular weight is 197 g/mol. The van der Waals surface area contributed by atoms with E-state index < -0.39 is 11.6 Å². The molecule has 0 amide bonds. The maximum absolute atomic E-state index is 13.2. The molecule has 0 radical (unpaired) electrons. The van der Waals surface area contributed by atoms with Crippen LogP contribution in [0.3, 0.4) is 0 Å². The number of nitrogens with one attached hydrogen (secondary N) is 1. The van der Waals surface area contributed by atoms with Crippen molar-refractivity contribution in [2.24, 2.45) is 0 Å². The van der Waals surface area contributed by atoms with Crippen molar-refractivity contribution in [2.75, 3.05) is 6.54 Å². The van der Waals surface area contributed by atoms with E-state index in [1.807, 2.05) is 0 Å². The first-order valence-electron chi connectivity index (χ1n) is 4.93. The predicted octanol–water partition coefficient (Wildman–Crippen LogP) is 2.26. The third-order valence-electron chi connectivity index (χ3n) is 2.64. The molecule has 2 rings (SSSR count). The van der Waals surface area contributed by atoms with Crippen LogP contribution < -0.4 is 5.32 Å². The Morgan fingerprint density at radius 1 is 1.36 bits per heavy atom. The molecule has 1 aliphatic heterocycles. The number of benzene rings is 1. The van der Waals surface area contributed by atoms with Gasteiger partial charge in [-0.15, -0.1) is 0 Å². The van der Waals surface area contributed by atoms with E-state index in [0.29, 0.717) is 18.0 Å². The van der Waals surface area contributed by atoms with Crippen molar-refractivity contribution >= 4 is 0 Å². The summed E-state index contributed by atoms with van der Waals surface area (Å²) in [6, 6.07) is 4.15. The molecule has 1 aromatic rings. The lowest BCUT2D eigenvalue weighted by Crippen LogP contribution is -2.24. The normalized spacial score (nSPS) is 21.4. The van der Waals surface area contributed by atoms with E-state index in [0.717, 1.165) is 25.5 Å². The summed E-state index contributed by atoms with van der Waals surface area (Å²) in [5, 5.41) is 3.29. The van der Waals surface area contributed by atoms with Crippen LogP contribution >= 0.6 is 0 Å². The standard InChI is InChI=1S/C11H13F2N/c12-9-4-3-8(11(13)7-9)6-10-2-1-5-14-10/h3-4,7,10,14H,1-2,5-6H2. The smallest absolute Gasteiger partial charge is 0.129 e. The highest BCUT2D eigenvalue weighted by molar-refractivity contribution is 5.19. The van der Waals surface area contributed by atoms with Crippen LogP contribution in [0.4, 0.5) is 8.78 Å². The van der Waals surface area contributed by atoms with Crippen molar-refractivity contribution in [2.45, 2.75) is 25.3 Å². The Morgan fingerprint density at radius 2 is 2.21 bits per heavy atom. The largest absolute Gasteiger partial charge is 0.314 e. The zero-order valence-electron chi connectivity index (χ0n) is 7.89. The first kappa shape index (κ1) is 9.59. The van der Waals surface area contributed by atoms with Crippen LogP contribution in [0, 0.1) is 11.6 Å². The molecule has 1 unspecified atom stereocenters. The van der Waals surface area contributed by atoms with Crippen LogP contribution in [0.1, 0.15) is 18.4 Å². The quantitative estimate of drug-likeness (QED) is 0.766. The molecule has 1 atom stereocenters. The molecule has 0 spiro atoms. The molecule has 14 heavy (non-hydrogen) atoms. The summed E-state index contributed by atoms with van der Waals surface area (Å²) in [4.78, 5) is 0. The molecule has 76 valence electrons. The van der Waals surface area contributed by atoms with Crippen molar-refractivity contribution < 1.29 is 8.78 Å². The molecular weight excluding hydrogens is 184 g/mol. The zero-order valence-corrected chi connectivity index (χ0v) is 7.89. The summed E-state index contributed by atoms with van der Waals surface area (Å²) in [6.07, 6.45) is 2.89. The topological polar surface area (TPSA) is 12.0 Å². The Labute approximate surface area is 82.1 Å². The van der Waals surface area contributed by atoms with Crippen LogP contribution in [0.25, 0.3) is 0 Å². The van der Waals surface area contributed by atoms with Gasteiger partial charge in [-0.2, -0.15) is 0 Å². The van der Waals surface area contributed by atoms with Crippen molar-refractivity contribution in [3.05, 3.63) is 35.4 Å². The second-order valence-electron chi connectivity index (χ2n) is 3.73. The van der Waals surface area contributed by atoms with Crippen LogP contribution in [0.5, 0.6) is 0 Å².